The van der Waals surface area contributed by atoms with Crippen LogP contribution in [0.2, 0.25) is 0 Å². The van der Waals surface area contributed by atoms with Crippen molar-refractivity contribution in [1.29, 1.82) is 0 Å². The van der Waals surface area contributed by atoms with Gasteiger partial charge in [0.05, 0.1) is 9.61 Å². The van der Waals surface area contributed by atoms with E-state index < -0.39 is 0 Å². The van der Waals surface area contributed by atoms with Crippen molar-refractivity contribution >= 4 is 28.4 Å². The number of hydrogen-bond donors (Lipinski definition) is 1. The van der Waals surface area contributed by atoms with Crippen molar-refractivity contribution in [3.8, 4) is 0 Å². The molecule has 1 atom stereocenters. The summed E-state index contributed by atoms with van der Waals surface area (Å²) in [6.07, 6.45) is 3.10. The van der Waals surface area contributed by atoms with Crippen molar-refractivity contribution in [2.24, 2.45) is 0 Å². The Kier molecular flexibility index (Phi) is 4.74. The molecule has 2 rings (SSSR count). The minimum absolute atomic E-state index is 0.279. The number of anilines is 1. The molecule has 0 aliphatic carbocycles. The van der Waals surface area contributed by atoms with Gasteiger partial charge in [0.15, 0.2) is 0 Å². The molecule has 5 nitrogen and oxygen atoms in total. The number of hydrogen-bond acceptors (Lipinski definition) is 5. The third-order valence-electron chi connectivity index (χ3n) is 3.36. The lowest BCUT2D eigenvalue weighted by Crippen LogP contribution is -2.32. The average Bonchev–Trinajstić information content (AvgIpc) is 2.52. The van der Waals surface area contributed by atoms with Gasteiger partial charge in [-0.25, -0.2) is 9.97 Å². The molecule has 18 heavy (non-hydrogen) atoms. The first-order chi connectivity index (χ1) is 8.61. The van der Waals surface area contributed by atoms with Crippen LogP contribution >= 0.6 is 22.6 Å². The second-order valence-corrected chi connectivity index (χ2v) is 5.95. The van der Waals surface area contributed by atoms with Crippen LogP contribution in [0.15, 0.2) is 6.20 Å². The number of nitrogens with zero attached hydrogens (tertiary/aromatic N) is 4. The smallest absolute Gasteiger partial charge is 0.149 e. The molecule has 1 aliphatic heterocycles. The Morgan fingerprint density at radius 1 is 1.39 bits per heavy atom. The van der Waals surface area contributed by atoms with E-state index in [0.717, 1.165) is 34.8 Å². The summed E-state index contributed by atoms with van der Waals surface area (Å²) in [4.78, 5) is 13.9. The topological polar surface area (TPSA) is 44.3 Å². The summed E-state index contributed by atoms with van der Waals surface area (Å²) in [6.45, 7) is 3.23. The fraction of sp³-hybridized carbons (Fsp3) is 0.667. The molecule has 2 heterocycles. The molecule has 1 unspecified atom stereocenters. The van der Waals surface area contributed by atoms with Crippen LogP contribution in [0.4, 0.5) is 5.82 Å². The van der Waals surface area contributed by atoms with Crippen LogP contribution in [0.3, 0.4) is 0 Å². The Morgan fingerprint density at radius 2 is 2.17 bits per heavy atom. The van der Waals surface area contributed by atoms with E-state index in [-0.39, 0.29) is 6.04 Å². The van der Waals surface area contributed by atoms with Gasteiger partial charge in [-0.05, 0) is 56.2 Å². The van der Waals surface area contributed by atoms with Gasteiger partial charge in [-0.2, -0.15) is 0 Å². The van der Waals surface area contributed by atoms with Crippen LogP contribution in [-0.4, -0.2) is 60.5 Å². The molecular weight excluding hydrogens is 341 g/mol. The maximum atomic E-state index is 4.64. The van der Waals surface area contributed by atoms with Gasteiger partial charge in [0.25, 0.3) is 0 Å². The Hall–Kier alpha value is -0.470. The summed E-state index contributed by atoms with van der Waals surface area (Å²) < 4.78 is 1.06. The molecule has 0 radical (unpaired) electrons. The van der Waals surface area contributed by atoms with Crippen molar-refractivity contribution in [1.82, 2.24) is 19.8 Å². The minimum Gasteiger partial charge on any atom is -0.372 e. The number of nitrogens with one attached hydrogen (secondary N) is 1. The quantitative estimate of drug-likeness (QED) is 0.808. The average molecular weight is 361 g/mol. The van der Waals surface area contributed by atoms with Crippen molar-refractivity contribution in [3.05, 3.63) is 15.6 Å². The standard InChI is InChI=1S/C12H20IN5/c1-14-11-9(13)7-15-12(16-11)10-8-17(2)5-4-6-18(10)3/h7,10H,4-6,8H2,1-3H3,(H,14,15,16). The molecule has 100 valence electrons. The molecule has 0 aromatic carbocycles. The predicted octanol–water partition coefficient (Wildman–Crippen LogP) is 1.43. The third-order valence-corrected chi connectivity index (χ3v) is 4.15. The highest BCUT2D eigenvalue weighted by Gasteiger charge is 2.24. The number of aromatic nitrogens is 2. The maximum absolute atomic E-state index is 4.64. The highest BCUT2D eigenvalue weighted by atomic mass is 127. The van der Waals surface area contributed by atoms with E-state index in [1.54, 1.807) is 0 Å². The molecule has 1 fully saturated rings. The molecule has 0 amide bonds. The maximum Gasteiger partial charge on any atom is 0.149 e. The second kappa shape index (κ2) is 6.12. The predicted molar refractivity (Wildman–Crippen MR) is 81.8 cm³/mol. The van der Waals surface area contributed by atoms with E-state index in [1.165, 1.54) is 6.42 Å². The highest BCUT2D eigenvalue weighted by Crippen LogP contribution is 2.22. The number of halogens is 1. The lowest BCUT2D eigenvalue weighted by atomic mass is 10.2. The molecular formula is C12H20IN5. The van der Waals surface area contributed by atoms with Crippen LogP contribution in [0.25, 0.3) is 0 Å². The van der Waals surface area contributed by atoms with Gasteiger partial charge >= 0.3 is 0 Å². The first kappa shape index (κ1) is 14.0. The Balaban J connectivity index is 2.27. The van der Waals surface area contributed by atoms with Crippen LogP contribution < -0.4 is 5.32 Å². The zero-order valence-corrected chi connectivity index (χ0v) is 13.3. The number of rotatable bonds is 2. The van der Waals surface area contributed by atoms with Gasteiger partial charge in [-0.3, -0.25) is 4.90 Å². The van der Waals surface area contributed by atoms with Gasteiger partial charge < -0.3 is 10.2 Å². The van der Waals surface area contributed by atoms with Gasteiger partial charge in [-0.15, -0.1) is 0 Å². The second-order valence-electron chi connectivity index (χ2n) is 4.79. The lowest BCUT2D eigenvalue weighted by molar-refractivity contribution is 0.219. The summed E-state index contributed by atoms with van der Waals surface area (Å²) in [6, 6.07) is 0.279. The van der Waals surface area contributed by atoms with Gasteiger partial charge in [-0.1, -0.05) is 0 Å². The molecule has 1 aromatic heterocycles. The monoisotopic (exact) mass is 361 g/mol. The van der Waals surface area contributed by atoms with E-state index in [2.05, 4.69) is 61.8 Å². The Bertz CT molecular complexity index is 411. The number of likely N-dealkylation sites (N-methyl/N-ethyl adjacent to an activating group) is 2. The molecule has 0 saturated carbocycles. The van der Waals surface area contributed by atoms with Crippen LogP contribution in [0, 0.1) is 3.57 Å². The van der Waals surface area contributed by atoms with E-state index >= 15 is 0 Å². The molecule has 6 heteroatoms. The highest BCUT2D eigenvalue weighted by molar-refractivity contribution is 14.1. The van der Waals surface area contributed by atoms with E-state index in [1.807, 2.05) is 13.2 Å². The molecule has 1 N–H and O–H groups in total. The van der Waals surface area contributed by atoms with Crippen LogP contribution in [0.1, 0.15) is 18.3 Å². The summed E-state index contributed by atoms with van der Waals surface area (Å²) in [5.41, 5.74) is 0. The summed E-state index contributed by atoms with van der Waals surface area (Å²) >= 11 is 2.25. The summed E-state index contributed by atoms with van der Waals surface area (Å²) in [7, 11) is 6.22. The van der Waals surface area contributed by atoms with Gasteiger partial charge in [0, 0.05) is 19.8 Å². The first-order valence-corrected chi connectivity index (χ1v) is 7.28. The van der Waals surface area contributed by atoms with Gasteiger partial charge in [0.1, 0.15) is 11.6 Å². The molecule has 1 aliphatic rings. The third kappa shape index (κ3) is 3.10. The molecule has 1 aromatic rings. The van der Waals surface area contributed by atoms with Crippen LogP contribution in [-0.2, 0) is 0 Å². The molecule has 0 bridgehead atoms. The van der Waals surface area contributed by atoms with Crippen molar-refractivity contribution in [2.75, 3.05) is 46.1 Å². The van der Waals surface area contributed by atoms with Crippen molar-refractivity contribution in [3.63, 3.8) is 0 Å². The molecule has 1 saturated heterocycles. The molecule has 0 spiro atoms. The summed E-state index contributed by atoms with van der Waals surface area (Å²) in [5, 5.41) is 3.13. The fourth-order valence-electron chi connectivity index (χ4n) is 2.27. The normalized spacial score (nSPS) is 22.8. The SMILES string of the molecule is CNc1nc(C2CN(C)CCCN2C)ncc1I. The van der Waals surface area contributed by atoms with E-state index in [9.17, 15) is 0 Å². The van der Waals surface area contributed by atoms with Gasteiger partial charge in [0.2, 0.25) is 0 Å². The Labute approximate surface area is 122 Å². The van der Waals surface area contributed by atoms with Crippen molar-refractivity contribution < 1.29 is 0 Å². The largest absolute Gasteiger partial charge is 0.372 e. The summed E-state index contributed by atoms with van der Waals surface area (Å²) in [5.74, 6) is 1.83. The first-order valence-electron chi connectivity index (χ1n) is 6.20. The van der Waals surface area contributed by atoms with Crippen LogP contribution in [0.5, 0.6) is 0 Å². The van der Waals surface area contributed by atoms with Crippen molar-refractivity contribution in [2.45, 2.75) is 12.5 Å². The zero-order chi connectivity index (χ0) is 13.1. The van der Waals surface area contributed by atoms with E-state index in [4.69, 9.17) is 0 Å². The van der Waals surface area contributed by atoms with E-state index in [0.29, 0.717) is 0 Å². The fourth-order valence-corrected chi connectivity index (χ4v) is 2.80. The lowest BCUT2D eigenvalue weighted by Gasteiger charge is -2.26. The minimum atomic E-state index is 0.279. The zero-order valence-electron chi connectivity index (χ0n) is 11.1. The Morgan fingerprint density at radius 3 is 2.89 bits per heavy atom.